The van der Waals surface area contributed by atoms with Gasteiger partial charge in [0.2, 0.25) is 0 Å². The van der Waals surface area contributed by atoms with Gasteiger partial charge in [-0.15, -0.1) is 11.3 Å². The molecule has 1 aromatic rings. The van der Waals surface area contributed by atoms with Crippen LogP contribution in [0.1, 0.15) is 12.6 Å². The fourth-order valence-corrected chi connectivity index (χ4v) is 2.28. The first-order valence-electron chi connectivity index (χ1n) is 5.92. The van der Waals surface area contributed by atoms with Gasteiger partial charge < -0.3 is 15.0 Å². The second kappa shape index (κ2) is 8.03. The molecular formula is C12H20N4OS. The summed E-state index contributed by atoms with van der Waals surface area (Å²) in [6.07, 6.45) is 0. The molecule has 0 aromatic carbocycles. The Bertz CT molecular complexity index is 388. The molecule has 18 heavy (non-hydrogen) atoms. The van der Waals surface area contributed by atoms with Gasteiger partial charge in [0.25, 0.3) is 0 Å². The number of ether oxygens (including phenoxy) is 1. The van der Waals surface area contributed by atoms with E-state index in [1.807, 2.05) is 24.3 Å². The lowest BCUT2D eigenvalue weighted by atomic mass is 10.2. The largest absolute Gasteiger partial charge is 0.383 e. The van der Waals surface area contributed by atoms with Crippen molar-refractivity contribution in [3.8, 4) is 6.07 Å². The van der Waals surface area contributed by atoms with Crippen molar-refractivity contribution in [1.29, 1.82) is 5.26 Å². The second-order valence-corrected chi connectivity index (χ2v) is 5.04. The summed E-state index contributed by atoms with van der Waals surface area (Å²) in [4.78, 5) is 6.55. The first-order valence-corrected chi connectivity index (χ1v) is 6.80. The average molecular weight is 268 g/mol. The molecule has 0 fully saturated rings. The van der Waals surface area contributed by atoms with Crippen LogP contribution in [0.3, 0.4) is 0 Å². The molecule has 0 saturated heterocycles. The molecule has 1 N–H and O–H groups in total. The zero-order chi connectivity index (χ0) is 13.4. The van der Waals surface area contributed by atoms with Crippen molar-refractivity contribution in [2.45, 2.75) is 13.5 Å². The Morgan fingerprint density at radius 3 is 3.11 bits per heavy atom. The molecule has 5 nitrogen and oxygen atoms in total. The van der Waals surface area contributed by atoms with Crippen molar-refractivity contribution >= 4 is 16.5 Å². The number of anilines is 1. The van der Waals surface area contributed by atoms with Crippen molar-refractivity contribution in [3.05, 3.63) is 11.1 Å². The number of hydrogen-bond donors (Lipinski definition) is 1. The van der Waals surface area contributed by atoms with E-state index in [0.717, 1.165) is 23.9 Å². The van der Waals surface area contributed by atoms with Gasteiger partial charge in [0.1, 0.15) is 0 Å². The van der Waals surface area contributed by atoms with Crippen LogP contribution in [0.4, 0.5) is 5.13 Å². The Kier molecular flexibility index (Phi) is 6.65. The van der Waals surface area contributed by atoms with Gasteiger partial charge in [-0.3, -0.25) is 0 Å². The third kappa shape index (κ3) is 5.00. The molecule has 100 valence electrons. The van der Waals surface area contributed by atoms with Crippen LogP contribution in [0.5, 0.6) is 0 Å². The Labute approximate surface area is 112 Å². The summed E-state index contributed by atoms with van der Waals surface area (Å²) in [5, 5.41) is 15.0. The fraction of sp³-hybridized carbons (Fsp3) is 0.667. The highest BCUT2D eigenvalue weighted by Gasteiger charge is 2.10. The number of methoxy groups -OCH3 is 1. The molecule has 1 heterocycles. The van der Waals surface area contributed by atoms with Gasteiger partial charge in [0.05, 0.1) is 24.3 Å². The van der Waals surface area contributed by atoms with Gasteiger partial charge in [-0.2, -0.15) is 5.26 Å². The molecule has 1 rings (SSSR count). The Hall–Kier alpha value is -1.16. The lowest BCUT2D eigenvalue weighted by molar-refractivity contribution is 0.199. The van der Waals surface area contributed by atoms with Gasteiger partial charge in [-0.1, -0.05) is 0 Å². The van der Waals surface area contributed by atoms with Gasteiger partial charge in [0.15, 0.2) is 5.13 Å². The summed E-state index contributed by atoms with van der Waals surface area (Å²) in [5.41, 5.74) is 1.03. The molecule has 1 atom stereocenters. The highest BCUT2D eigenvalue weighted by atomic mass is 32.1. The molecular weight excluding hydrogens is 248 g/mol. The zero-order valence-electron chi connectivity index (χ0n) is 11.1. The third-order valence-corrected chi connectivity index (χ3v) is 3.43. The number of nitrogens with zero attached hydrogens (tertiary/aromatic N) is 3. The minimum atomic E-state index is 0.0159. The summed E-state index contributed by atoms with van der Waals surface area (Å²) >= 11 is 1.61. The van der Waals surface area contributed by atoms with E-state index in [9.17, 15) is 0 Å². The predicted octanol–water partition coefficient (Wildman–Crippen LogP) is 1.47. The quantitative estimate of drug-likeness (QED) is 0.724. The third-order valence-electron chi connectivity index (χ3n) is 2.42. The Morgan fingerprint density at radius 2 is 2.44 bits per heavy atom. The van der Waals surface area contributed by atoms with Crippen molar-refractivity contribution in [3.63, 3.8) is 0 Å². The van der Waals surface area contributed by atoms with Gasteiger partial charge in [-0.05, 0) is 6.92 Å². The van der Waals surface area contributed by atoms with Crippen LogP contribution in [0.25, 0.3) is 0 Å². The first-order chi connectivity index (χ1) is 8.67. The molecule has 6 heteroatoms. The molecule has 1 unspecified atom stereocenters. The second-order valence-electron chi connectivity index (χ2n) is 4.20. The van der Waals surface area contributed by atoms with E-state index >= 15 is 0 Å². The molecule has 0 amide bonds. The van der Waals surface area contributed by atoms with E-state index in [2.05, 4.69) is 16.4 Å². The van der Waals surface area contributed by atoms with E-state index < -0.39 is 0 Å². The maximum Gasteiger partial charge on any atom is 0.185 e. The van der Waals surface area contributed by atoms with Crippen LogP contribution in [0, 0.1) is 17.2 Å². The number of thiazole rings is 1. The van der Waals surface area contributed by atoms with Crippen LogP contribution in [-0.2, 0) is 11.3 Å². The van der Waals surface area contributed by atoms with Crippen molar-refractivity contribution < 1.29 is 4.74 Å². The monoisotopic (exact) mass is 268 g/mol. The highest BCUT2D eigenvalue weighted by Crippen LogP contribution is 2.19. The average Bonchev–Trinajstić information content (AvgIpc) is 2.83. The van der Waals surface area contributed by atoms with E-state index in [0.29, 0.717) is 13.2 Å². The standard InChI is InChI=1S/C12H20N4OS/c1-10(6-13)8-16(2)12-15-11(9-18-12)7-14-4-5-17-3/h9-10,14H,4-5,7-8H2,1-3H3. The van der Waals surface area contributed by atoms with Crippen LogP contribution in [-0.4, -0.2) is 38.8 Å². The molecule has 0 aliphatic carbocycles. The van der Waals surface area contributed by atoms with Crippen LogP contribution in [0.15, 0.2) is 5.38 Å². The number of nitrogens with one attached hydrogen (secondary N) is 1. The molecule has 0 saturated carbocycles. The van der Waals surface area contributed by atoms with Crippen LogP contribution >= 0.6 is 11.3 Å². The van der Waals surface area contributed by atoms with E-state index in [1.54, 1.807) is 18.4 Å². The van der Waals surface area contributed by atoms with Crippen molar-refractivity contribution in [1.82, 2.24) is 10.3 Å². The Balaban J connectivity index is 2.40. The number of hydrogen-bond acceptors (Lipinski definition) is 6. The summed E-state index contributed by atoms with van der Waals surface area (Å²) in [6, 6.07) is 2.23. The topological polar surface area (TPSA) is 61.2 Å². The van der Waals surface area contributed by atoms with Gasteiger partial charge in [0, 0.05) is 39.2 Å². The van der Waals surface area contributed by atoms with Gasteiger partial charge >= 0.3 is 0 Å². The molecule has 0 aliphatic heterocycles. The fourth-order valence-electron chi connectivity index (χ4n) is 1.47. The maximum absolute atomic E-state index is 8.79. The first kappa shape index (κ1) is 14.9. The smallest absolute Gasteiger partial charge is 0.185 e. The highest BCUT2D eigenvalue weighted by molar-refractivity contribution is 7.13. The van der Waals surface area contributed by atoms with E-state index in [-0.39, 0.29) is 5.92 Å². The van der Waals surface area contributed by atoms with Gasteiger partial charge in [-0.25, -0.2) is 4.98 Å². The van der Waals surface area contributed by atoms with Crippen molar-refractivity contribution in [2.75, 3.05) is 38.8 Å². The number of nitriles is 1. The summed E-state index contributed by atoms with van der Waals surface area (Å²) in [7, 11) is 3.66. The summed E-state index contributed by atoms with van der Waals surface area (Å²) in [5.74, 6) is 0.0159. The van der Waals surface area contributed by atoms with E-state index in [1.165, 1.54) is 0 Å². The van der Waals surface area contributed by atoms with Crippen molar-refractivity contribution in [2.24, 2.45) is 5.92 Å². The minimum absolute atomic E-state index is 0.0159. The maximum atomic E-state index is 8.79. The predicted molar refractivity (Wildman–Crippen MR) is 73.7 cm³/mol. The summed E-state index contributed by atoms with van der Waals surface area (Å²) < 4.78 is 4.96. The molecule has 0 aliphatic rings. The van der Waals surface area contributed by atoms with E-state index in [4.69, 9.17) is 10.00 Å². The number of rotatable bonds is 8. The normalized spacial score (nSPS) is 12.1. The minimum Gasteiger partial charge on any atom is -0.383 e. The SMILES string of the molecule is COCCNCc1csc(N(C)CC(C)C#N)n1. The zero-order valence-corrected chi connectivity index (χ0v) is 12.0. The van der Waals surface area contributed by atoms with Crippen LogP contribution in [0.2, 0.25) is 0 Å². The molecule has 1 aromatic heterocycles. The Morgan fingerprint density at radius 1 is 1.67 bits per heavy atom. The van der Waals surface area contributed by atoms with Crippen LogP contribution < -0.4 is 10.2 Å². The molecule has 0 bridgehead atoms. The number of aromatic nitrogens is 1. The lowest BCUT2D eigenvalue weighted by Crippen LogP contribution is -2.23. The lowest BCUT2D eigenvalue weighted by Gasteiger charge is -2.16. The summed E-state index contributed by atoms with van der Waals surface area (Å²) in [6.45, 7) is 4.90. The molecule has 0 spiro atoms. The molecule has 0 radical (unpaired) electrons.